The molecule has 10 nitrogen and oxygen atoms in total. The van der Waals surface area contributed by atoms with E-state index in [1.165, 1.54) is 66.7 Å². The molecule has 1 aliphatic carbocycles. The lowest BCUT2D eigenvalue weighted by Gasteiger charge is -2.32. The Hall–Kier alpha value is -3.57. The Labute approximate surface area is 209 Å². The molecule has 36 heavy (non-hydrogen) atoms. The first kappa shape index (κ1) is 25.5. The quantitative estimate of drug-likeness (QED) is 0.342. The van der Waals surface area contributed by atoms with Gasteiger partial charge in [-0.15, -0.1) is 0 Å². The van der Waals surface area contributed by atoms with Gasteiger partial charge in [-0.05, 0) is 61.4 Å². The Balaban J connectivity index is 1.65. The molecule has 2 aromatic rings. The lowest BCUT2D eigenvalue weighted by molar-refractivity contribution is -0.132. The molecule has 1 atom stereocenters. The Bertz CT molecular complexity index is 1280. The highest BCUT2D eigenvalue weighted by Crippen LogP contribution is 2.36. The molecule has 2 aromatic carbocycles. The van der Waals surface area contributed by atoms with Crippen molar-refractivity contribution in [3.05, 3.63) is 48.5 Å². The van der Waals surface area contributed by atoms with Crippen LogP contribution in [0, 0.1) is 0 Å². The van der Waals surface area contributed by atoms with Gasteiger partial charge in [0.25, 0.3) is 5.91 Å². The number of imide groups is 1. The normalized spacial score (nSPS) is 18.6. The summed E-state index contributed by atoms with van der Waals surface area (Å²) in [5.41, 5.74) is 0.719. The van der Waals surface area contributed by atoms with E-state index < -0.39 is 39.9 Å². The minimum atomic E-state index is -4.13. The van der Waals surface area contributed by atoms with E-state index in [1.54, 1.807) is 0 Å². The summed E-state index contributed by atoms with van der Waals surface area (Å²) in [6, 6.07) is 10.0. The van der Waals surface area contributed by atoms with E-state index in [2.05, 4.69) is 5.32 Å². The number of anilines is 2. The number of nitrogens with one attached hydrogen (secondary N) is 1. The van der Waals surface area contributed by atoms with Gasteiger partial charge in [0, 0.05) is 25.6 Å². The van der Waals surface area contributed by atoms with Gasteiger partial charge in [0.15, 0.2) is 0 Å². The van der Waals surface area contributed by atoms with E-state index in [-0.39, 0.29) is 28.7 Å². The van der Waals surface area contributed by atoms with Crippen LogP contribution < -0.4 is 15.0 Å². The predicted octanol–water partition coefficient (Wildman–Crippen LogP) is 2.84. The van der Waals surface area contributed by atoms with Crippen molar-refractivity contribution in [2.45, 2.75) is 62.9 Å². The van der Waals surface area contributed by atoms with Gasteiger partial charge in [-0.2, -0.15) is 4.31 Å². The molecule has 0 spiro atoms. The molecule has 0 radical (unpaired) electrons. The SMILES string of the molecule is CC(=O)Nc1ccc(S(=O)(=O)N(C2CCCC2)C2CC(=O)N(c3ccc(OC(C)=O)cc3)C2=O)cc1. The summed E-state index contributed by atoms with van der Waals surface area (Å²) in [5.74, 6) is -1.65. The van der Waals surface area contributed by atoms with Crippen molar-refractivity contribution in [2.24, 2.45) is 0 Å². The van der Waals surface area contributed by atoms with Gasteiger partial charge in [-0.1, -0.05) is 12.8 Å². The summed E-state index contributed by atoms with van der Waals surface area (Å²) in [4.78, 5) is 49.9. The highest BCUT2D eigenvalue weighted by atomic mass is 32.2. The van der Waals surface area contributed by atoms with Gasteiger partial charge >= 0.3 is 5.97 Å². The molecule has 1 saturated heterocycles. The van der Waals surface area contributed by atoms with Crippen molar-refractivity contribution in [1.82, 2.24) is 4.31 Å². The fourth-order valence-electron chi connectivity index (χ4n) is 4.73. The standard InChI is InChI=1S/C25H27N3O7S/c1-16(29)26-18-7-13-22(14-8-18)36(33,34)28(20-5-3-4-6-20)23-15-24(31)27(25(23)32)19-9-11-21(12-10-19)35-17(2)30/h7-14,20,23H,3-6,15H2,1-2H3,(H,26,29). The third-order valence-electron chi connectivity index (χ3n) is 6.22. The van der Waals surface area contributed by atoms with Crippen molar-refractivity contribution < 1.29 is 32.3 Å². The summed E-state index contributed by atoms with van der Waals surface area (Å²) in [6.07, 6.45) is 2.57. The van der Waals surface area contributed by atoms with E-state index in [1.807, 2.05) is 0 Å². The number of esters is 1. The van der Waals surface area contributed by atoms with E-state index in [0.29, 0.717) is 18.5 Å². The number of carbonyl (C=O) groups is 4. The zero-order valence-corrected chi connectivity index (χ0v) is 20.8. The third kappa shape index (κ3) is 5.17. The van der Waals surface area contributed by atoms with Crippen LogP contribution in [0.5, 0.6) is 5.75 Å². The predicted molar refractivity (Wildman–Crippen MR) is 131 cm³/mol. The van der Waals surface area contributed by atoms with Crippen molar-refractivity contribution in [3.63, 3.8) is 0 Å². The molecule has 3 amide bonds. The second-order valence-corrected chi connectivity index (χ2v) is 10.7. The highest BCUT2D eigenvalue weighted by molar-refractivity contribution is 7.89. The maximum absolute atomic E-state index is 13.8. The zero-order valence-electron chi connectivity index (χ0n) is 20.0. The molecule has 0 aromatic heterocycles. The fourth-order valence-corrected chi connectivity index (χ4v) is 6.55. The van der Waals surface area contributed by atoms with Crippen LogP contribution in [0.4, 0.5) is 11.4 Å². The summed E-state index contributed by atoms with van der Waals surface area (Å²) in [7, 11) is -4.13. The number of benzene rings is 2. The Kier molecular flexibility index (Phi) is 7.23. The molecule has 2 fully saturated rings. The average molecular weight is 514 g/mol. The van der Waals surface area contributed by atoms with Crippen LogP contribution in [0.2, 0.25) is 0 Å². The van der Waals surface area contributed by atoms with Gasteiger partial charge in [0.05, 0.1) is 17.0 Å². The van der Waals surface area contributed by atoms with Crippen LogP contribution in [-0.2, 0) is 29.2 Å². The van der Waals surface area contributed by atoms with E-state index in [0.717, 1.165) is 17.7 Å². The van der Waals surface area contributed by atoms with Gasteiger partial charge in [-0.3, -0.25) is 19.2 Å². The fraction of sp³-hybridized carbons (Fsp3) is 0.360. The van der Waals surface area contributed by atoms with Crippen LogP contribution in [0.1, 0.15) is 46.0 Å². The number of sulfonamides is 1. The maximum atomic E-state index is 13.8. The monoisotopic (exact) mass is 513 g/mol. The van der Waals surface area contributed by atoms with Crippen LogP contribution in [-0.4, -0.2) is 48.5 Å². The topological polar surface area (TPSA) is 130 Å². The number of hydrogen-bond acceptors (Lipinski definition) is 7. The molecular weight excluding hydrogens is 486 g/mol. The first-order chi connectivity index (χ1) is 17.1. The number of carbonyl (C=O) groups excluding carboxylic acids is 4. The zero-order chi connectivity index (χ0) is 26.0. The Morgan fingerprint density at radius 3 is 2.14 bits per heavy atom. The molecule has 1 unspecified atom stereocenters. The maximum Gasteiger partial charge on any atom is 0.308 e. The number of hydrogen-bond donors (Lipinski definition) is 1. The molecule has 4 rings (SSSR count). The first-order valence-electron chi connectivity index (χ1n) is 11.6. The molecule has 1 saturated carbocycles. The number of rotatable bonds is 7. The minimum absolute atomic E-state index is 0.0204. The minimum Gasteiger partial charge on any atom is -0.427 e. The summed E-state index contributed by atoms with van der Waals surface area (Å²) in [6.45, 7) is 2.61. The Morgan fingerprint density at radius 2 is 1.58 bits per heavy atom. The van der Waals surface area contributed by atoms with Crippen LogP contribution in [0.15, 0.2) is 53.4 Å². The number of amides is 3. The van der Waals surface area contributed by atoms with Crippen molar-refractivity contribution in [1.29, 1.82) is 0 Å². The van der Waals surface area contributed by atoms with Gasteiger partial charge < -0.3 is 10.1 Å². The number of ether oxygens (including phenoxy) is 1. The average Bonchev–Trinajstić information content (AvgIpc) is 3.43. The van der Waals surface area contributed by atoms with Crippen LogP contribution in [0.25, 0.3) is 0 Å². The van der Waals surface area contributed by atoms with Gasteiger partial charge in [-0.25, -0.2) is 13.3 Å². The van der Waals surface area contributed by atoms with E-state index in [9.17, 15) is 27.6 Å². The lowest BCUT2D eigenvalue weighted by atomic mass is 10.2. The van der Waals surface area contributed by atoms with Crippen molar-refractivity contribution in [3.8, 4) is 5.75 Å². The second kappa shape index (κ2) is 10.2. The molecule has 190 valence electrons. The second-order valence-electron chi connectivity index (χ2n) is 8.85. The molecule has 1 N–H and O–H groups in total. The van der Waals surface area contributed by atoms with Gasteiger partial charge in [0.1, 0.15) is 11.8 Å². The molecule has 1 aliphatic heterocycles. The van der Waals surface area contributed by atoms with Crippen LogP contribution in [0.3, 0.4) is 0 Å². The first-order valence-corrected chi connectivity index (χ1v) is 13.1. The Morgan fingerprint density at radius 1 is 0.972 bits per heavy atom. The third-order valence-corrected chi connectivity index (χ3v) is 8.20. The van der Waals surface area contributed by atoms with E-state index >= 15 is 0 Å². The largest absolute Gasteiger partial charge is 0.427 e. The van der Waals surface area contributed by atoms with Crippen LogP contribution >= 0.6 is 0 Å². The van der Waals surface area contributed by atoms with Gasteiger partial charge in [0.2, 0.25) is 21.8 Å². The molecule has 0 bridgehead atoms. The lowest BCUT2D eigenvalue weighted by Crippen LogP contribution is -2.49. The smallest absolute Gasteiger partial charge is 0.308 e. The van der Waals surface area contributed by atoms with Crippen molar-refractivity contribution >= 4 is 45.1 Å². The molecule has 1 heterocycles. The van der Waals surface area contributed by atoms with E-state index in [4.69, 9.17) is 4.74 Å². The summed E-state index contributed by atoms with van der Waals surface area (Å²) in [5, 5.41) is 2.59. The summed E-state index contributed by atoms with van der Waals surface area (Å²) < 4.78 is 33.8. The molecule has 2 aliphatic rings. The number of nitrogens with zero attached hydrogens (tertiary/aromatic N) is 2. The van der Waals surface area contributed by atoms with Crippen molar-refractivity contribution in [2.75, 3.05) is 10.2 Å². The molecule has 11 heteroatoms. The highest BCUT2D eigenvalue weighted by Gasteiger charge is 2.49. The summed E-state index contributed by atoms with van der Waals surface area (Å²) >= 11 is 0. The molecular formula is C25H27N3O7S.